The third-order valence-corrected chi connectivity index (χ3v) is 3.34. The Morgan fingerprint density at radius 3 is 2.25 bits per heavy atom. The van der Waals surface area contributed by atoms with Crippen LogP contribution in [-0.4, -0.2) is 11.1 Å². The lowest BCUT2D eigenvalue weighted by Gasteiger charge is -2.18. The van der Waals surface area contributed by atoms with E-state index in [-0.39, 0.29) is 6.10 Å². The zero-order chi connectivity index (χ0) is 14.4. The summed E-state index contributed by atoms with van der Waals surface area (Å²) in [4.78, 5) is 11.0. The van der Waals surface area contributed by atoms with Crippen molar-refractivity contribution >= 4 is 28.4 Å². The number of benzene rings is 2. The van der Waals surface area contributed by atoms with Gasteiger partial charge in [0.05, 0.1) is 0 Å². The summed E-state index contributed by atoms with van der Waals surface area (Å²) in [6, 6.07) is 16.7. The summed E-state index contributed by atoms with van der Waals surface area (Å²) in [7, 11) is 0. The van der Waals surface area contributed by atoms with Crippen LogP contribution in [-0.2, 0) is 0 Å². The highest BCUT2D eigenvalue weighted by Gasteiger charge is 2.12. The average Bonchev–Trinajstić information content (AvgIpc) is 2.48. The number of ether oxygens (including phenoxy) is 1. The summed E-state index contributed by atoms with van der Waals surface area (Å²) in [5.41, 5.74) is 1.53. The first-order chi connectivity index (χ1) is 9.70. The van der Waals surface area contributed by atoms with Crippen LogP contribution in [0.4, 0.5) is 0 Å². The molecule has 0 radical (unpaired) electrons. The Morgan fingerprint density at radius 2 is 1.70 bits per heavy atom. The molecule has 4 heteroatoms. The number of hydrogen-bond acceptors (Lipinski definition) is 2. The Bertz CT molecular complexity index is 552. The van der Waals surface area contributed by atoms with Gasteiger partial charge in [-0.15, -0.1) is 11.6 Å². The molecule has 0 aliphatic carbocycles. The van der Waals surface area contributed by atoms with Crippen molar-refractivity contribution < 1.29 is 9.53 Å². The van der Waals surface area contributed by atoms with Gasteiger partial charge in [0.25, 0.3) is 5.24 Å². The SMILES string of the molecule is O=C(Cl)c1ccc(OC(CCCl)c2ccccc2)cc1. The first-order valence-corrected chi connectivity index (χ1v) is 7.19. The summed E-state index contributed by atoms with van der Waals surface area (Å²) in [6.07, 6.45) is 0.605. The van der Waals surface area contributed by atoms with Gasteiger partial charge in [-0.3, -0.25) is 4.79 Å². The molecule has 1 unspecified atom stereocenters. The molecule has 0 amide bonds. The minimum atomic E-state index is -0.475. The van der Waals surface area contributed by atoms with Crippen LogP contribution in [0.2, 0.25) is 0 Å². The molecule has 2 aromatic carbocycles. The lowest BCUT2D eigenvalue weighted by Crippen LogP contribution is -2.08. The highest BCUT2D eigenvalue weighted by molar-refractivity contribution is 6.67. The maximum atomic E-state index is 11.0. The van der Waals surface area contributed by atoms with Crippen LogP contribution in [0.5, 0.6) is 5.75 Å². The molecule has 0 bridgehead atoms. The minimum absolute atomic E-state index is 0.105. The Hall–Kier alpha value is -1.51. The summed E-state index contributed by atoms with van der Waals surface area (Å²) in [6.45, 7) is 0. The zero-order valence-corrected chi connectivity index (χ0v) is 12.3. The van der Waals surface area contributed by atoms with E-state index >= 15 is 0 Å². The number of hydrogen-bond donors (Lipinski definition) is 0. The third kappa shape index (κ3) is 3.99. The van der Waals surface area contributed by atoms with Gasteiger partial charge in [-0.1, -0.05) is 30.3 Å². The summed E-state index contributed by atoms with van der Waals surface area (Å²) < 4.78 is 5.94. The monoisotopic (exact) mass is 308 g/mol. The molecule has 104 valence electrons. The molecule has 0 fully saturated rings. The van der Waals surface area contributed by atoms with E-state index in [9.17, 15) is 4.79 Å². The van der Waals surface area contributed by atoms with Crippen LogP contribution in [0.15, 0.2) is 54.6 Å². The predicted molar refractivity (Wildman–Crippen MR) is 81.8 cm³/mol. The van der Waals surface area contributed by atoms with E-state index in [1.54, 1.807) is 24.3 Å². The van der Waals surface area contributed by atoms with Crippen LogP contribution in [0.25, 0.3) is 0 Å². The molecule has 0 aromatic heterocycles. The Labute approximate surface area is 128 Å². The van der Waals surface area contributed by atoms with E-state index in [0.717, 1.165) is 5.56 Å². The van der Waals surface area contributed by atoms with Crippen molar-refractivity contribution in [1.82, 2.24) is 0 Å². The normalized spacial score (nSPS) is 11.9. The molecular formula is C16H14Cl2O2. The van der Waals surface area contributed by atoms with Crippen molar-refractivity contribution in [2.24, 2.45) is 0 Å². The Balaban J connectivity index is 2.14. The highest BCUT2D eigenvalue weighted by atomic mass is 35.5. The van der Waals surface area contributed by atoms with Gasteiger partial charge in [0, 0.05) is 17.9 Å². The zero-order valence-electron chi connectivity index (χ0n) is 10.8. The minimum Gasteiger partial charge on any atom is -0.486 e. The van der Waals surface area contributed by atoms with Gasteiger partial charge < -0.3 is 4.74 Å². The summed E-state index contributed by atoms with van der Waals surface area (Å²) in [5, 5.41) is -0.475. The van der Waals surface area contributed by atoms with Crippen molar-refractivity contribution in [2.75, 3.05) is 5.88 Å². The standard InChI is InChI=1S/C16H14Cl2O2/c17-11-10-15(12-4-2-1-3-5-12)20-14-8-6-13(7-9-14)16(18)19/h1-9,15H,10-11H2. The van der Waals surface area contributed by atoms with Gasteiger partial charge in [0.15, 0.2) is 0 Å². The molecule has 2 aromatic rings. The first kappa shape index (κ1) is 14.9. The highest BCUT2D eigenvalue weighted by Crippen LogP contribution is 2.25. The third-order valence-electron chi connectivity index (χ3n) is 2.90. The van der Waals surface area contributed by atoms with Gasteiger partial charge in [0.1, 0.15) is 11.9 Å². The van der Waals surface area contributed by atoms with Crippen molar-refractivity contribution in [2.45, 2.75) is 12.5 Å². The van der Waals surface area contributed by atoms with Crippen LogP contribution >= 0.6 is 23.2 Å². The van der Waals surface area contributed by atoms with Gasteiger partial charge in [0.2, 0.25) is 0 Å². The first-order valence-electron chi connectivity index (χ1n) is 6.28. The molecule has 2 rings (SSSR count). The van der Waals surface area contributed by atoms with Crippen LogP contribution < -0.4 is 4.74 Å². The molecule has 2 nitrogen and oxygen atoms in total. The Kier molecular flexibility index (Phi) is 5.45. The molecule has 0 aliphatic rings. The molecule has 0 N–H and O–H groups in total. The number of carbonyl (C=O) groups is 1. The fourth-order valence-electron chi connectivity index (χ4n) is 1.89. The smallest absolute Gasteiger partial charge is 0.252 e. The predicted octanol–water partition coefficient (Wildman–Crippen LogP) is 4.81. The van der Waals surface area contributed by atoms with Crippen LogP contribution in [0.3, 0.4) is 0 Å². The van der Waals surface area contributed by atoms with Crippen molar-refractivity contribution in [3.63, 3.8) is 0 Å². The van der Waals surface area contributed by atoms with Gasteiger partial charge in [-0.25, -0.2) is 0 Å². The topological polar surface area (TPSA) is 26.3 Å². The molecule has 20 heavy (non-hydrogen) atoms. The van der Waals surface area contributed by atoms with E-state index in [1.165, 1.54) is 0 Å². The fraction of sp³-hybridized carbons (Fsp3) is 0.188. The van der Waals surface area contributed by atoms with E-state index < -0.39 is 5.24 Å². The molecule has 0 saturated carbocycles. The molecule has 0 aliphatic heterocycles. The molecule has 0 heterocycles. The lowest BCUT2D eigenvalue weighted by molar-refractivity contribution is 0.108. The quantitative estimate of drug-likeness (QED) is 0.565. The average molecular weight is 309 g/mol. The van der Waals surface area contributed by atoms with E-state index in [1.807, 2.05) is 30.3 Å². The van der Waals surface area contributed by atoms with E-state index in [2.05, 4.69) is 0 Å². The number of rotatable bonds is 6. The van der Waals surface area contributed by atoms with Crippen molar-refractivity contribution in [3.05, 3.63) is 65.7 Å². The second kappa shape index (κ2) is 7.32. The fourth-order valence-corrected chi connectivity index (χ4v) is 2.21. The largest absolute Gasteiger partial charge is 0.486 e. The number of carbonyl (C=O) groups excluding carboxylic acids is 1. The van der Waals surface area contributed by atoms with Crippen molar-refractivity contribution in [1.29, 1.82) is 0 Å². The second-order valence-electron chi connectivity index (χ2n) is 4.29. The second-order valence-corrected chi connectivity index (χ2v) is 5.01. The van der Waals surface area contributed by atoms with E-state index in [4.69, 9.17) is 27.9 Å². The number of halogens is 2. The maximum absolute atomic E-state index is 11.0. The van der Waals surface area contributed by atoms with Crippen molar-refractivity contribution in [3.8, 4) is 5.75 Å². The molecule has 0 spiro atoms. The van der Waals surface area contributed by atoms with Gasteiger partial charge >= 0.3 is 0 Å². The molecular weight excluding hydrogens is 295 g/mol. The lowest BCUT2D eigenvalue weighted by atomic mass is 10.1. The maximum Gasteiger partial charge on any atom is 0.252 e. The van der Waals surface area contributed by atoms with Gasteiger partial charge in [-0.2, -0.15) is 0 Å². The Morgan fingerprint density at radius 1 is 1.05 bits per heavy atom. The van der Waals surface area contributed by atoms with E-state index in [0.29, 0.717) is 23.6 Å². The molecule has 0 saturated heterocycles. The summed E-state index contributed by atoms with van der Waals surface area (Å²) >= 11 is 11.2. The summed E-state index contributed by atoms with van der Waals surface area (Å²) in [5.74, 6) is 1.20. The van der Waals surface area contributed by atoms with Crippen LogP contribution in [0, 0.1) is 0 Å². The van der Waals surface area contributed by atoms with Crippen LogP contribution in [0.1, 0.15) is 28.4 Å². The van der Waals surface area contributed by atoms with Gasteiger partial charge in [-0.05, 0) is 41.4 Å². The molecule has 1 atom stereocenters. The number of alkyl halides is 1.